The number of piperidine rings is 1. The van der Waals surface area contributed by atoms with Gasteiger partial charge >= 0.3 is 0 Å². The van der Waals surface area contributed by atoms with Crippen molar-refractivity contribution in [3.05, 3.63) is 29.8 Å². The van der Waals surface area contributed by atoms with Crippen molar-refractivity contribution in [2.24, 2.45) is 11.7 Å². The summed E-state index contributed by atoms with van der Waals surface area (Å²) < 4.78 is 12.7. The van der Waals surface area contributed by atoms with Crippen LogP contribution in [0.4, 0.5) is 4.39 Å². The highest BCUT2D eigenvalue weighted by atomic mass is 19.1. The molecule has 1 fully saturated rings. The molecule has 18 heavy (non-hydrogen) atoms. The predicted molar refractivity (Wildman–Crippen MR) is 66.5 cm³/mol. The van der Waals surface area contributed by atoms with E-state index in [9.17, 15) is 9.18 Å². The van der Waals surface area contributed by atoms with E-state index in [1.54, 1.807) is 4.90 Å². The molecular weight excluding hydrogens is 233 g/mol. The summed E-state index contributed by atoms with van der Waals surface area (Å²) in [6.45, 7) is 3.40. The Morgan fingerprint density at radius 1 is 1.50 bits per heavy atom. The number of likely N-dealkylation sites (tertiary alicyclic amines) is 1. The highest BCUT2D eigenvalue weighted by molar-refractivity contribution is 5.92. The molecule has 1 atom stereocenters. The van der Waals surface area contributed by atoms with Crippen LogP contribution < -0.4 is 5.73 Å². The lowest BCUT2D eigenvalue weighted by atomic mass is 9.91. The largest absolute Gasteiger partial charge is 0.337 e. The molecule has 4 nitrogen and oxygen atoms in total. The number of nitrogens with zero attached hydrogens (tertiary/aromatic N) is 2. The number of hydrogen-bond acceptors (Lipinski definition) is 3. The van der Waals surface area contributed by atoms with Crippen LogP contribution in [0.2, 0.25) is 0 Å². The molecule has 0 radical (unpaired) electrons. The summed E-state index contributed by atoms with van der Waals surface area (Å²) in [5, 5.41) is 0. The molecule has 0 aromatic carbocycles. The minimum Gasteiger partial charge on any atom is -0.337 e. The van der Waals surface area contributed by atoms with E-state index in [1.165, 1.54) is 12.1 Å². The first-order chi connectivity index (χ1) is 8.58. The van der Waals surface area contributed by atoms with Gasteiger partial charge in [0.25, 0.3) is 5.91 Å². The molecule has 1 aliphatic rings. The van der Waals surface area contributed by atoms with Crippen LogP contribution in [0.15, 0.2) is 18.3 Å². The van der Waals surface area contributed by atoms with Crippen LogP contribution in [0.5, 0.6) is 0 Å². The lowest BCUT2D eigenvalue weighted by Gasteiger charge is -2.33. The third-order valence-electron chi connectivity index (χ3n) is 3.52. The third-order valence-corrected chi connectivity index (χ3v) is 3.52. The smallest absolute Gasteiger partial charge is 0.272 e. The molecule has 98 valence electrons. The summed E-state index contributed by atoms with van der Waals surface area (Å²) in [6.07, 6.45) is 2.91. The number of nitrogens with two attached hydrogens (primary N) is 1. The summed E-state index contributed by atoms with van der Waals surface area (Å²) in [6, 6.07) is 2.86. The number of amides is 1. The van der Waals surface area contributed by atoms with Crippen molar-refractivity contribution in [2.75, 3.05) is 13.1 Å². The van der Waals surface area contributed by atoms with Gasteiger partial charge in [0, 0.05) is 19.1 Å². The van der Waals surface area contributed by atoms with Gasteiger partial charge in [-0.3, -0.25) is 4.79 Å². The quantitative estimate of drug-likeness (QED) is 0.864. The second-order valence-corrected chi connectivity index (χ2v) is 4.85. The minimum atomic E-state index is -0.429. The Morgan fingerprint density at radius 2 is 2.17 bits per heavy atom. The van der Waals surface area contributed by atoms with Crippen LogP contribution in [0.25, 0.3) is 0 Å². The SMILES string of the molecule is CC(N)C1CCN(C(=O)c2ccc(F)cn2)CC1. The van der Waals surface area contributed by atoms with Gasteiger partial charge in [0.2, 0.25) is 0 Å². The average Bonchev–Trinajstić information content (AvgIpc) is 2.39. The van der Waals surface area contributed by atoms with Crippen molar-refractivity contribution >= 4 is 5.91 Å². The van der Waals surface area contributed by atoms with Gasteiger partial charge in [0.1, 0.15) is 11.5 Å². The first-order valence-corrected chi connectivity index (χ1v) is 6.24. The number of carbonyl (C=O) groups is 1. The monoisotopic (exact) mass is 251 g/mol. The Bertz CT molecular complexity index is 411. The molecule has 2 N–H and O–H groups in total. The molecule has 1 saturated heterocycles. The van der Waals surface area contributed by atoms with Crippen molar-refractivity contribution in [3.63, 3.8) is 0 Å². The summed E-state index contributed by atoms with van der Waals surface area (Å²) in [4.78, 5) is 17.7. The molecule has 5 heteroatoms. The molecule has 0 bridgehead atoms. The Hall–Kier alpha value is -1.49. The first kappa shape index (κ1) is 13.0. The first-order valence-electron chi connectivity index (χ1n) is 6.24. The number of aromatic nitrogens is 1. The lowest BCUT2D eigenvalue weighted by molar-refractivity contribution is 0.0675. The normalized spacial score (nSPS) is 18.7. The average molecular weight is 251 g/mol. The van der Waals surface area contributed by atoms with Gasteiger partial charge in [-0.25, -0.2) is 9.37 Å². The topological polar surface area (TPSA) is 59.2 Å². The van der Waals surface area contributed by atoms with E-state index in [0.29, 0.717) is 24.7 Å². The third kappa shape index (κ3) is 2.85. The summed E-state index contributed by atoms with van der Waals surface area (Å²) in [5.74, 6) is -0.0735. The maximum absolute atomic E-state index is 12.7. The predicted octanol–water partition coefficient (Wildman–Crippen LogP) is 1.42. The molecule has 0 saturated carbocycles. The van der Waals surface area contributed by atoms with E-state index < -0.39 is 5.82 Å². The van der Waals surface area contributed by atoms with Crippen LogP contribution >= 0.6 is 0 Å². The molecule has 1 aliphatic heterocycles. The number of carbonyl (C=O) groups excluding carboxylic acids is 1. The van der Waals surface area contributed by atoms with Gasteiger partial charge in [-0.15, -0.1) is 0 Å². The number of hydrogen-bond donors (Lipinski definition) is 1. The Morgan fingerprint density at radius 3 is 2.67 bits per heavy atom. The summed E-state index contributed by atoms with van der Waals surface area (Å²) >= 11 is 0. The van der Waals surface area contributed by atoms with Crippen LogP contribution in [0.3, 0.4) is 0 Å². The molecule has 2 rings (SSSR count). The van der Waals surface area contributed by atoms with Gasteiger partial charge < -0.3 is 10.6 Å². The molecule has 1 unspecified atom stereocenters. The van der Waals surface area contributed by atoms with E-state index in [2.05, 4.69) is 4.98 Å². The molecule has 1 aromatic heterocycles. The van der Waals surface area contributed by atoms with Crippen LogP contribution in [0.1, 0.15) is 30.3 Å². The maximum Gasteiger partial charge on any atom is 0.272 e. The van der Waals surface area contributed by atoms with E-state index in [1.807, 2.05) is 6.92 Å². The second kappa shape index (κ2) is 5.44. The van der Waals surface area contributed by atoms with Gasteiger partial charge in [0.05, 0.1) is 6.20 Å². The Labute approximate surface area is 106 Å². The molecular formula is C13H18FN3O. The van der Waals surface area contributed by atoms with E-state index in [4.69, 9.17) is 5.73 Å². The fraction of sp³-hybridized carbons (Fsp3) is 0.538. The van der Waals surface area contributed by atoms with Gasteiger partial charge in [0.15, 0.2) is 0 Å². The molecule has 0 aliphatic carbocycles. The summed E-state index contributed by atoms with van der Waals surface area (Å²) in [7, 11) is 0. The standard InChI is InChI=1S/C13H18FN3O/c1-9(15)10-4-6-17(7-5-10)13(18)12-3-2-11(14)8-16-12/h2-3,8-10H,4-7,15H2,1H3. The fourth-order valence-electron chi connectivity index (χ4n) is 2.29. The van der Waals surface area contributed by atoms with Crippen molar-refractivity contribution in [1.82, 2.24) is 9.88 Å². The van der Waals surface area contributed by atoms with Gasteiger partial charge in [-0.1, -0.05) is 0 Å². The maximum atomic E-state index is 12.7. The van der Waals surface area contributed by atoms with Crippen molar-refractivity contribution in [1.29, 1.82) is 0 Å². The lowest BCUT2D eigenvalue weighted by Crippen LogP contribution is -2.42. The van der Waals surface area contributed by atoms with Crippen LogP contribution in [-0.2, 0) is 0 Å². The number of rotatable bonds is 2. The zero-order valence-corrected chi connectivity index (χ0v) is 10.5. The molecule has 1 amide bonds. The van der Waals surface area contributed by atoms with E-state index in [0.717, 1.165) is 19.0 Å². The van der Waals surface area contributed by atoms with Crippen molar-refractivity contribution < 1.29 is 9.18 Å². The van der Waals surface area contributed by atoms with Crippen LogP contribution in [-0.4, -0.2) is 34.9 Å². The van der Waals surface area contributed by atoms with Crippen LogP contribution in [0, 0.1) is 11.7 Å². The highest BCUT2D eigenvalue weighted by Crippen LogP contribution is 2.20. The summed E-state index contributed by atoms with van der Waals surface area (Å²) in [5.41, 5.74) is 6.16. The van der Waals surface area contributed by atoms with Gasteiger partial charge in [-0.05, 0) is 37.8 Å². The van der Waals surface area contributed by atoms with Gasteiger partial charge in [-0.2, -0.15) is 0 Å². The number of halogens is 1. The molecule has 1 aromatic rings. The zero-order valence-electron chi connectivity index (χ0n) is 10.5. The van der Waals surface area contributed by atoms with Crippen molar-refractivity contribution in [3.8, 4) is 0 Å². The minimum absolute atomic E-state index is 0.127. The van der Waals surface area contributed by atoms with Crippen molar-refractivity contribution in [2.45, 2.75) is 25.8 Å². The van der Waals surface area contributed by atoms with E-state index >= 15 is 0 Å². The second-order valence-electron chi connectivity index (χ2n) is 4.85. The van der Waals surface area contributed by atoms with E-state index in [-0.39, 0.29) is 11.9 Å². The Balaban J connectivity index is 1.97. The molecule has 0 spiro atoms. The zero-order chi connectivity index (χ0) is 13.1. The molecule has 2 heterocycles. The number of pyridine rings is 1. The highest BCUT2D eigenvalue weighted by Gasteiger charge is 2.25. The Kier molecular flexibility index (Phi) is 3.91. The fourth-order valence-corrected chi connectivity index (χ4v) is 2.29.